The Bertz CT molecular complexity index is 302. The molecule has 4 nitrogen and oxygen atoms in total. The minimum Gasteiger partial charge on any atom is -0.396 e. The highest BCUT2D eigenvalue weighted by Crippen LogP contribution is 2.30. The van der Waals surface area contributed by atoms with Crippen LogP contribution in [-0.4, -0.2) is 49.1 Å². The second kappa shape index (κ2) is 12.2. The monoisotopic (exact) mass is 340 g/mol. The third kappa shape index (κ3) is 7.38. The Morgan fingerprint density at radius 1 is 0.875 bits per heavy atom. The highest BCUT2D eigenvalue weighted by Gasteiger charge is 2.28. The Hall–Kier alpha value is -0.160. The number of aliphatic hydroxyl groups excluding tert-OH is 2. The predicted octanol–water partition coefficient (Wildman–Crippen LogP) is 2.69. The fourth-order valence-electron chi connectivity index (χ4n) is 4.65. The summed E-state index contributed by atoms with van der Waals surface area (Å²) in [6.07, 6.45) is 12.7. The molecule has 0 radical (unpaired) electrons. The van der Waals surface area contributed by atoms with E-state index in [1.165, 1.54) is 51.6 Å². The van der Waals surface area contributed by atoms with Crippen molar-refractivity contribution in [3.63, 3.8) is 0 Å². The zero-order valence-electron chi connectivity index (χ0n) is 15.5. The van der Waals surface area contributed by atoms with E-state index in [1.807, 2.05) is 0 Å². The zero-order valence-corrected chi connectivity index (χ0v) is 15.5. The number of nitrogens with one attached hydrogen (secondary N) is 2. The number of unbranched alkanes of at least 4 members (excludes halogenated alkanes) is 2. The molecule has 4 heteroatoms. The highest BCUT2D eigenvalue weighted by molar-refractivity contribution is 4.81. The number of hydrogen-bond donors (Lipinski definition) is 4. The summed E-state index contributed by atoms with van der Waals surface area (Å²) in [5, 5.41) is 26.8. The molecule has 4 N–H and O–H groups in total. The first-order valence-corrected chi connectivity index (χ1v) is 10.5. The number of piperidine rings is 2. The maximum atomic E-state index is 10.8. The van der Waals surface area contributed by atoms with Gasteiger partial charge in [0.25, 0.3) is 0 Å². The van der Waals surface area contributed by atoms with Crippen LogP contribution >= 0.6 is 0 Å². The van der Waals surface area contributed by atoms with E-state index in [1.54, 1.807) is 0 Å². The summed E-state index contributed by atoms with van der Waals surface area (Å²) in [6, 6.07) is 0. The lowest BCUT2D eigenvalue weighted by molar-refractivity contribution is 0.0463. The number of aliphatic hydroxyl groups is 2. The van der Waals surface area contributed by atoms with Gasteiger partial charge in [0.15, 0.2) is 0 Å². The predicted molar refractivity (Wildman–Crippen MR) is 100 cm³/mol. The van der Waals surface area contributed by atoms with E-state index in [4.69, 9.17) is 5.11 Å². The van der Waals surface area contributed by atoms with Crippen molar-refractivity contribution in [1.82, 2.24) is 10.6 Å². The maximum absolute atomic E-state index is 10.8. The average Bonchev–Trinajstić information content (AvgIpc) is 2.64. The highest BCUT2D eigenvalue weighted by atomic mass is 16.3. The third-order valence-electron chi connectivity index (χ3n) is 6.14. The van der Waals surface area contributed by atoms with Crippen LogP contribution in [0.2, 0.25) is 0 Å². The second-order valence-corrected chi connectivity index (χ2v) is 8.05. The molecule has 4 atom stereocenters. The van der Waals surface area contributed by atoms with Crippen molar-refractivity contribution in [2.24, 2.45) is 17.8 Å². The summed E-state index contributed by atoms with van der Waals surface area (Å²) in [4.78, 5) is 0. The van der Waals surface area contributed by atoms with Crippen LogP contribution in [0.15, 0.2) is 0 Å². The van der Waals surface area contributed by atoms with Crippen molar-refractivity contribution in [1.29, 1.82) is 0 Å². The summed E-state index contributed by atoms with van der Waals surface area (Å²) in [5.74, 6) is 1.90. The van der Waals surface area contributed by atoms with Gasteiger partial charge < -0.3 is 20.8 Å². The van der Waals surface area contributed by atoms with Crippen LogP contribution in [0.4, 0.5) is 0 Å². The Labute approximate surface area is 148 Å². The normalized spacial score (nSPS) is 27.8. The molecule has 4 unspecified atom stereocenters. The lowest BCUT2D eigenvalue weighted by atomic mass is 9.78. The summed E-state index contributed by atoms with van der Waals surface area (Å²) >= 11 is 0. The van der Waals surface area contributed by atoms with Crippen molar-refractivity contribution in [2.45, 2.75) is 76.7 Å². The quantitative estimate of drug-likeness (QED) is 0.437. The lowest BCUT2D eigenvalue weighted by Crippen LogP contribution is -2.39. The van der Waals surface area contributed by atoms with Gasteiger partial charge in [-0.15, -0.1) is 0 Å². The van der Waals surface area contributed by atoms with Crippen molar-refractivity contribution in [2.75, 3.05) is 32.8 Å². The van der Waals surface area contributed by atoms with E-state index in [0.717, 1.165) is 51.1 Å². The van der Waals surface area contributed by atoms with Gasteiger partial charge in [0, 0.05) is 6.61 Å². The van der Waals surface area contributed by atoms with Crippen LogP contribution in [0.3, 0.4) is 0 Å². The Morgan fingerprint density at radius 3 is 2.29 bits per heavy atom. The van der Waals surface area contributed by atoms with Crippen LogP contribution in [0.1, 0.15) is 70.6 Å². The molecule has 0 aromatic heterocycles. The summed E-state index contributed by atoms with van der Waals surface area (Å²) in [6.45, 7) is 4.86. The molecule has 0 saturated carbocycles. The summed E-state index contributed by atoms with van der Waals surface area (Å²) < 4.78 is 0. The van der Waals surface area contributed by atoms with E-state index in [0.29, 0.717) is 11.8 Å². The SMILES string of the molecule is OCCCCC(C(O)CCCCC1CCCNC1)C1CCCNC1. The second-order valence-electron chi connectivity index (χ2n) is 8.05. The molecule has 2 aliphatic rings. The van der Waals surface area contributed by atoms with Gasteiger partial charge in [-0.2, -0.15) is 0 Å². The largest absolute Gasteiger partial charge is 0.396 e. The van der Waals surface area contributed by atoms with Crippen LogP contribution in [0.5, 0.6) is 0 Å². The molecule has 2 fully saturated rings. The van der Waals surface area contributed by atoms with E-state index in [9.17, 15) is 5.11 Å². The number of hydrogen-bond acceptors (Lipinski definition) is 4. The van der Waals surface area contributed by atoms with Crippen molar-refractivity contribution in [3.05, 3.63) is 0 Å². The maximum Gasteiger partial charge on any atom is 0.0571 e. The van der Waals surface area contributed by atoms with Crippen LogP contribution in [-0.2, 0) is 0 Å². The Kier molecular flexibility index (Phi) is 10.3. The first kappa shape index (κ1) is 20.2. The van der Waals surface area contributed by atoms with Gasteiger partial charge in [-0.25, -0.2) is 0 Å². The van der Waals surface area contributed by atoms with Gasteiger partial charge in [-0.1, -0.05) is 19.3 Å². The standard InChI is InChI=1S/C20H40N2O2/c23-14-4-3-10-19(18-9-6-13-22-16-18)20(24)11-2-1-7-17-8-5-12-21-15-17/h17-24H,1-16H2. The van der Waals surface area contributed by atoms with Crippen LogP contribution in [0, 0.1) is 17.8 Å². The van der Waals surface area contributed by atoms with Gasteiger partial charge in [-0.3, -0.25) is 0 Å². The van der Waals surface area contributed by atoms with Crippen LogP contribution in [0.25, 0.3) is 0 Å². The molecular weight excluding hydrogens is 300 g/mol. The molecule has 2 aliphatic heterocycles. The summed E-state index contributed by atoms with van der Waals surface area (Å²) in [5.41, 5.74) is 0. The van der Waals surface area contributed by atoms with E-state index < -0.39 is 0 Å². The summed E-state index contributed by atoms with van der Waals surface area (Å²) in [7, 11) is 0. The topological polar surface area (TPSA) is 64.5 Å². The van der Waals surface area contributed by atoms with Gasteiger partial charge >= 0.3 is 0 Å². The molecule has 0 spiro atoms. The molecule has 0 amide bonds. The van der Waals surface area contributed by atoms with Crippen molar-refractivity contribution in [3.8, 4) is 0 Å². The van der Waals surface area contributed by atoms with E-state index in [-0.39, 0.29) is 12.7 Å². The molecule has 24 heavy (non-hydrogen) atoms. The molecule has 2 heterocycles. The van der Waals surface area contributed by atoms with E-state index in [2.05, 4.69) is 10.6 Å². The Morgan fingerprint density at radius 2 is 1.62 bits per heavy atom. The minimum absolute atomic E-state index is 0.155. The van der Waals surface area contributed by atoms with Gasteiger partial charge in [0.1, 0.15) is 0 Å². The lowest BCUT2D eigenvalue weighted by Gasteiger charge is -2.34. The molecule has 142 valence electrons. The van der Waals surface area contributed by atoms with Gasteiger partial charge in [-0.05, 0) is 95.3 Å². The zero-order chi connectivity index (χ0) is 17.0. The fraction of sp³-hybridized carbons (Fsp3) is 1.00. The average molecular weight is 341 g/mol. The molecule has 0 aromatic rings. The molecule has 2 saturated heterocycles. The van der Waals surface area contributed by atoms with E-state index >= 15 is 0 Å². The number of rotatable bonds is 11. The molecular formula is C20H40N2O2. The smallest absolute Gasteiger partial charge is 0.0571 e. The third-order valence-corrected chi connectivity index (χ3v) is 6.14. The van der Waals surface area contributed by atoms with Crippen molar-refractivity contribution < 1.29 is 10.2 Å². The molecule has 0 bridgehead atoms. The molecule has 0 aromatic carbocycles. The first-order valence-electron chi connectivity index (χ1n) is 10.5. The minimum atomic E-state index is -0.155. The Balaban J connectivity index is 1.68. The fourth-order valence-corrected chi connectivity index (χ4v) is 4.65. The van der Waals surface area contributed by atoms with Gasteiger partial charge in [0.05, 0.1) is 6.10 Å². The molecule has 2 rings (SSSR count). The van der Waals surface area contributed by atoms with Crippen LogP contribution < -0.4 is 10.6 Å². The van der Waals surface area contributed by atoms with Gasteiger partial charge in [0.2, 0.25) is 0 Å². The molecule has 0 aliphatic carbocycles. The first-order chi connectivity index (χ1) is 11.8. The van der Waals surface area contributed by atoms with Crippen molar-refractivity contribution >= 4 is 0 Å².